The second-order valence-corrected chi connectivity index (χ2v) is 7.06. The molecular weight excluding hydrogens is 330 g/mol. The van der Waals surface area contributed by atoms with E-state index in [2.05, 4.69) is 21.2 Å². The van der Waals surface area contributed by atoms with Crippen LogP contribution in [0.25, 0.3) is 0 Å². The van der Waals surface area contributed by atoms with Gasteiger partial charge in [-0.2, -0.15) is 0 Å². The number of amides is 2. The summed E-state index contributed by atoms with van der Waals surface area (Å²) in [6.45, 7) is 1.89. The van der Waals surface area contributed by atoms with Gasteiger partial charge in [0.05, 0.1) is 15.2 Å². The van der Waals surface area contributed by atoms with E-state index in [-0.39, 0.29) is 17.9 Å². The lowest BCUT2D eigenvalue weighted by Gasteiger charge is -2.31. The molecule has 3 N–H and O–H groups in total. The number of carbonyl (C=O) groups excluding carboxylic acids is 2. The van der Waals surface area contributed by atoms with Gasteiger partial charge in [0.1, 0.15) is 0 Å². The number of carbonyl (C=O) groups is 2. The molecular formula is C12H16BrN3O2S. The first kappa shape index (κ1) is 14.5. The Bertz CT molecular complexity index is 469. The summed E-state index contributed by atoms with van der Waals surface area (Å²) in [6.07, 6.45) is 1.71. The molecule has 5 nitrogen and oxygen atoms in total. The highest BCUT2D eigenvalue weighted by molar-refractivity contribution is 9.11. The molecule has 0 aromatic carbocycles. The van der Waals surface area contributed by atoms with Crippen molar-refractivity contribution in [2.75, 3.05) is 19.6 Å². The van der Waals surface area contributed by atoms with Crippen LogP contribution in [-0.4, -0.2) is 42.4 Å². The van der Waals surface area contributed by atoms with Gasteiger partial charge in [0, 0.05) is 19.1 Å². The molecule has 0 bridgehead atoms. The van der Waals surface area contributed by atoms with Gasteiger partial charge >= 0.3 is 0 Å². The van der Waals surface area contributed by atoms with Gasteiger partial charge in [0.25, 0.3) is 5.91 Å². The average molecular weight is 346 g/mol. The van der Waals surface area contributed by atoms with Crippen LogP contribution >= 0.6 is 27.3 Å². The molecule has 1 aromatic heterocycles. The topological polar surface area (TPSA) is 75.4 Å². The maximum absolute atomic E-state index is 12.0. The lowest BCUT2D eigenvalue weighted by Crippen LogP contribution is -2.46. The Labute approximate surface area is 124 Å². The van der Waals surface area contributed by atoms with E-state index in [1.165, 1.54) is 11.3 Å². The van der Waals surface area contributed by atoms with Crippen LogP contribution in [0, 0.1) is 0 Å². The smallest absolute Gasteiger partial charge is 0.261 e. The monoisotopic (exact) mass is 345 g/mol. The van der Waals surface area contributed by atoms with Crippen LogP contribution in [0.1, 0.15) is 22.5 Å². The fourth-order valence-electron chi connectivity index (χ4n) is 2.15. The van der Waals surface area contributed by atoms with Crippen LogP contribution in [0.2, 0.25) is 0 Å². The van der Waals surface area contributed by atoms with Crippen molar-refractivity contribution in [3.63, 3.8) is 0 Å². The number of nitrogens with zero attached hydrogens (tertiary/aromatic N) is 1. The summed E-state index contributed by atoms with van der Waals surface area (Å²) in [5, 5.41) is 3.03. The number of hydrogen-bond donors (Lipinski definition) is 2. The molecule has 0 atom stereocenters. The van der Waals surface area contributed by atoms with Crippen LogP contribution in [0.5, 0.6) is 0 Å². The highest BCUT2D eigenvalue weighted by Gasteiger charge is 2.22. The van der Waals surface area contributed by atoms with Crippen molar-refractivity contribution >= 4 is 39.1 Å². The lowest BCUT2D eigenvalue weighted by molar-refractivity contribution is -0.119. The number of halogens is 1. The molecule has 2 rings (SSSR count). The summed E-state index contributed by atoms with van der Waals surface area (Å²) in [4.78, 5) is 25.5. The fraction of sp³-hybridized carbons (Fsp3) is 0.500. The van der Waals surface area contributed by atoms with Gasteiger partial charge in [-0.25, -0.2) is 0 Å². The zero-order chi connectivity index (χ0) is 13.8. The highest BCUT2D eigenvalue weighted by Crippen LogP contribution is 2.22. The molecule has 1 aromatic rings. The SMILES string of the molecule is NC(=O)CN1CCC(NC(=O)c2ccc(Br)s2)CC1. The third-order valence-electron chi connectivity index (χ3n) is 3.10. The summed E-state index contributed by atoms with van der Waals surface area (Å²) in [7, 11) is 0. The first-order valence-corrected chi connectivity index (χ1v) is 7.72. The summed E-state index contributed by atoms with van der Waals surface area (Å²) >= 11 is 4.77. The predicted molar refractivity (Wildman–Crippen MR) is 78.1 cm³/mol. The Morgan fingerprint density at radius 3 is 2.63 bits per heavy atom. The Kier molecular flexibility index (Phi) is 4.95. The molecule has 7 heteroatoms. The number of nitrogens with one attached hydrogen (secondary N) is 1. The van der Waals surface area contributed by atoms with Gasteiger partial charge < -0.3 is 11.1 Å². The minimum atomic E-state index is -0.300. The zero-order valence-corrected chi connectivity index (χ0v) is 12.8. The lowest BCUT2D eigenvalue weighted by atomic mass is 10.0. The van der Waals surface area contributed by atoms with Crippen LogP contribution in [0.15, 0.2) is 15.9 Å². The van der Waals surface area contributed by atoms with Crippen LogP contribution in [0.3, 0.4) is 0 Å². The maximum atomic E-state index is 12.0. The van der Waals surface area contributed by atoms with Gasteiger partial charge in [-0.05, 0) is 40.9 Å². The number of rotatable bonds is 4. The Morgan fingerprint density at radius 1 is 1.42 bits per heavy atom. The molecule has 1 fully saturated rings. The molecule has 0 unspecified atom stereocenters. The van der Waals surface area contributed by atoms with E-state index in [9.17, 15) is 9.59 Å². The molecule has 0 saturated carbocycles. The van der Waals surface area contributed by atoms with Crippen molar-refractivity contribution in [3.05, 3.63) is 20.8 Å². The molecule has 0 aliphatic carbocycles. The third kappa shape index (κ3) is 4.29. The molecule has 2 amide bonds. The minimum Gasteiger partial charge on any atom is -0.369 e. The third-order valence-corrected chi connectivity index (χ3v) is 4.72. The van der Waals surface area contributed by atoms with E-state index in [1.54, 1.807) is 0 Å². The average Bonchev–Trinajstić information content (AvgIpc) is 2.78. The second kappa shape index (κ2) is 6.49. The summed E-state index contributed by atoms with van der Waals surface area (Å²) in [5.74, 6) is -0.324. The molecule has 104 valence electrons. The van der Waals surface area contributed by atoms with Crippen molar-refractivity contribution < 1.29 is 9.59 Å². The van der Waals surface area contributed by atoms with E-state index < -0.39 is 0 Å². The van der Waals surface area contributed by atoms with Gasteiger partial charge in [0.2, 0.25) is 5.91 Å². The summed E-state index contributed by atoms with van der Waals surface area (Å²) in [5.41, 5.74) is 5.16. The van der Waals surface area contributed by atoms with Gasteiger partial charge in [-0.3, -0.25) is 14.5 Å². The predicted octanol–water partition coefficient (Wildman–Crippen LogP) is 1.19. The second-order valence-electron chi connectivity index (χ2n) is 4.59. The Balaban J connectivity index is 1.79. The maximum Gasteiger partial charge on any atom is 0.261 e. The zero-order valence-electron chi connectivity index (χ0n) is 10.4. The molecule has 19 heavy (non-hydrogen) atoms. The van der Waals surface area contributed by atoms with E-state index in [0.29, 0.717) is 11.4 Å². The summed E-state index contributed by atoms with van der Waals surface area (Å²) < 4.78 is 0.953. The molecule has 0 radical (unpaired) electrons. The molecule has 1 saturated heterocycles. The largest absolute Gasteiger partial charge is 0.369 e. The standard InChI is InChI=1S/C12H16BrN3O2S/c13-10-2-1-9(19-10)12(18)15-8-3-5-16(6-4-8)7-11(14)17/h1-2,8H,3-7H2,(H2,14,17)(H,15,18). The van der Waals surface area contributed by atoms with Crippen molar-refractivity contribution in [3.8, 4) is 0 Å². The Hall–Kier alpha value is -0.920. The number of thiophene rings is 1. The fourth-order valence-corrected chi connectivity index (χ4v) is 3.44. The first-order chi connectivity index (χ1) is 9.04. The Morgan fingerprint density at radius 2 is 2.11 bits per heavy atom. The van der Waals surface area contributed by atoms with Crippen LogP contribution in [0.4, 0.5) is 0 Å². The molecule has 2 heterocycles. The number of hydrogen-bond acceptors (Lipinski definition) is 4. The van der Waals surface area contributed by atoms with Crippen LogP contribution in [-0.2, 0) is 4.79 Å². The van der Waals surface area contributed by atoms with E-state index >= 15 is 0 Å². The number of piperidine rings is 1. The van der Waals surface area contributed by atoms with Crippen molar-refractivity contribution in [2.45, 2.75) is 18.9 Å². The van der Waals surface area contributed by atoms with Gasteiger partial charge in [-0.15, -0.1) is 11.3 Å². The molecule has 1 aliphatic heterocycles. The van der Waals surface area contributed by atoms with E-state index in [1.807, 2.05) is 17.0 Å². The van der Waals surface area contributed by atoms with Crippen molar-refractivity contribution in [2.24, 2.45) is 5.73 Å². The van der Waals surface area contributed by atoms with Crippen molar-refractivity contribution in [1.82, 2.24) is 10.2 Å². The number of likely N-dealkylation sites (tertiary alicyclic amines) is 1. The first-order valence-electron chi connectivity index (χ1n) is 6.11. The van der Waals surface area contributed by atoms with Gasteiger partial charge in [-0.1, -0.05) is 0 Å². The number of primary amides is 1. The summed E-state index contributed by atoms with van der Waals surface area (Å²) in [6, 6.07) is 3.86. The highest BCUT2D eigenvalue weighted by atomic mass is 79.9. The quantitative estimate of drug-likeness (QED) is 0.860. The normalized spacial score (nSPS) is 17.3. The van der Waals surface area contributed by atoms with Crippen LogP contribution < -0.4 is 11.1 Å². The number of nitrogens with two attached hydrogens (primary N) is 1. The minimum absolute atomic E-state index is 0.0240. The molecule has 0 spiro atoms. The van der Waals surface area contributed by atoms with Crippen molar-refractivity contribution in [1.29, 1.82) is 0 Å². The van der Waals surface area contributed by atoms with Gasteiger partial charge in [0.15, 0.2) is 0 Å². The van der Waals surface area contributed by atoms with E-state index in [4.69, 9.17) is 5.73 Å². The molecule has 1 aliphatic rings. The van der Waals surface area contributed by atoms with E-state index in [0.717, 1.165) is 29.7 Å².